The fourth-order valence-electron chi connectivity index (χ4n) is 3.54. The molecule has 0 saturated carbocycles. The Kier molecular flexibility index (Phi) is 3.41. The number of fused-ring (bicyclic) bond motifs is 2. The molecule has 0 fully saturated rings. The molecule has 5 nitrogen and oxygen atoms in total. The Labute approximate surface area is 138 Å². The summed E-state index contributed by atoms with van der Waals surface area (Å²) < 4.78 is 2.90. The lowest BCUT2D eigenvalue weighted by molar-refractivity contribution is 0.0934. The molecule has 0 spiro atoms. The lowest BCUT2D eigenvalue weighted by atomic mass is 9.90. The van der Waals surface area contributed by atoms with Gasteiger partial charge >= 0.3 is 0 Å². The van der Waals surface area contributed by atoms with Crippen molar-refractivity contribution in [2.24, 2.45) is 7.05 Å². The summed E-state index contributed by atoms with van der Waals surface area (Å²) in [5, 5.41) is 7.74. The maximum absolute atomic E-state index is 12.8. The number of amides is 1. The fourth-order valence-corrected chi connectivity index (χ4v) is 4.34. The number of aryl methyl sites for hydroxylation is 2. The topological polar surface area (TPSA) is 59.8 Å². The number of hydrogen-bond acceptors (Lipinski definition) is 4. The maximum Gasteiger partial charge on any atom is 0.253 e. The summed E-state index contributed by atoms with van der Waals surface area (Å²) in [4.78, 5) is 17.1. The highest BCUT2D eigenvalue weighted by atomic mass is 32.1. The van der Waals surface area contributed by atoms with Gasteiger partial charge < -0.3 is 5.32 Å². The Balaban J connectivity index is 1.67. The Morgan fingerprint density at radius 3 is 3.17 bits per heavy atom. The molecule has 1 aliphatic rings. The van der Waals surface area contributed by atoms with Gasteiger partial charge in [-0.05, 0) is 38.3 Å². The molecule has 1 unspecified atom stereocenters. The Bertz CT molecular complexity index is 895. The number of rotatable bonds is 2. The first-order valence-electron chi connectivity index (χ1n) is 7.80. The van der Waals surface area contributed by atoms with E-state index in [1.54, 1.807) is 5.51 Å². The van der Waals surface area contributed by atoms with Crippen LogP contribution in [0, 0.1) is 6.92 Å². The zero-order valence-electron chi connectivity index (χ0n) is 13.2. The van der Waals surface area contributed by atoms with E-state index in [9.17, 15) is 4.79 Å². The van der Waals surface area contributed by atoms with Gasteiger partial charge in [-0.15, -0.1) is 11.3 Å². The third-order valence-electron chi connectivity index (χ3n) is 4.55. The largest absolute Gasteiger partial charge is 0.345 e. The molecule has 0 saturated heterocycles. The van der Waals surface area contributed by atoms with Crippen LogP contribution >= 0.6 is 11.3 Å². The van der Waals surface area contributed by atoms with Crippen molar-refractivity contribution in [3.63, 3.8) is 0 Å². The summed E-state index contributed by atoms with van der Waals surface area (Å²) in [7, 11) is 1.98. The number of benzene rings is 1. The summed E-state index contributed by atoms with van der Waals surface area (Å²) >= 11 is 1.51. The van der Waals surface area contributed by atoms with E-state index in [0.29, 0.717) is 5.56 Å². The summed E-state index contributed by atoms with van der Waals surface area (Å²) in [6.45, 7) is 2.02. The molecule has 2 heterocycles. The van der Waals surface area contributed by atoms with E-state index in [0.717, 1.165) is 35.2 Å². The molecule has 1 amide bonds. The van der Waals surface area contributed by atoms with E-state index < -0.39 is 0 Å². The van der Waals surface area contributed by atoms with Crippen LogP contribution in [0.5, 0.6) is 0 Å². The average Bonchev–Trinajstić information content (AvgIpc) is 3.12. The Hall–Kier alpha value is -2.21. The number of carbonyl (C=O) groups is 1. The SMILES string of the molecule is Cc1nn(C)c2c1C(NC(=O)c1cccc3ncsc13)CCC2. The molecule has 118 valence electrons. The molecule has 0 bridgehead atoms. The molecule has 3 aromatic rings. The first-order valence-corrected chi connectivity index (χ1v) is 8.68. The van der Waals surface area contributed by atoms with Crippen molar-refractivity contribution in [3.8, 4) is 0 Å². The van der Waals surface area contributed by atoms with E-state index in [2.05, 4.69) is 15.4 Å². The quantitative estimate of drug-likeness (QED) is 0.787. The van der Waals surface area contributed by atoms with E-state index in [4.69, 9.17) is 0 Å². The first-order chi connectivity index (χ1) is 11.1. The van der Waals surface area contributed by atoms with Crippen molar-refractivity contribution in [1.29, 1.82) is 0 Å². The number of carbonyl (C=O) groups excluding carboxylic acids is 1. The molecule has 23 heavy (non-hydrogen) atoms. The predicted octanol–water partition coefficient (Wildman–Crippen LogP) is 3.15. The minimum atomic E-state index is -0.0269. The summed E-state index contributed by atoms with van der Waals surface area (Å²) in [6.07, 6.45) is 3.06. The predicted molar refractivity (Wildman–Crippen MR) is 90.7 cm³/mol. The van der Waals surface area contributed by atoms with Gasteiger partial charge in [-0.25, -0.2) is 4.98 Å². The lowest BCUT2D eigenvalue weighted by Gasteiger charge is -2.24. The summed E-state index contributed by atoms with van der Waals surface area (Å²) in [5.74, 6) is -0.0269. The number of thiazole rings is 1. The van der Waals surface area contributed by atoms with Crippen molar-refractivity contribution >= 4 is 27.5 Å². The number of hydrogen-bond donors (Lipinski definition) is 1. The molecule has 4 rings (SSSR count). The van der Waals surface area contributed by atoms with Gasteiger partial charge in [0.2, 0.25) is 0 Å². The van der Waals surface area contributed by atoms with Crippen LogP contribution in [0.2, 0.25) is 0 Å². The zero-order valence-corrected chi connectivity index (χ0v) is 14.0. The van der Waals surface area contributed by atoms with Crippen LogP contribution in [0.1, 0.15) is 46.2 Å². The van der Waals surface area contributed by atoms with Crippen LogP contribution in [0.15, 0.2) is 23.7 Å². The van der Waals surface area contributed by atoms with Gasteiger partial charge in [0.25, 0.3) is 5.91 Å². The third-order valence-corrected chi connectivity index (χ3v) is 5.43. The van der Waals surface area contributed by atoms with Gasteiger partial charge in [-0.2, -0.15) is 5.10 Å². The van der Waals surface area contributed by atoms with Crippen LogP contribution < -0.4 is 5.32 Å². The minimum Gasteiger partial charge on any atom is -0.345 e. The van der Waals surface area contributed by atoms with E-state index in [1.807, 2.05) is 36.9 Å². The molecular weight excluding hydrogens is 308 g/mol. The van der Waals surface area contributed by atoms with Gasteiger partial charge in [0.1, 0.15) is 0 Å². The monoisotopic (exact) mass is 326 g/mol. The van der Waals surface area contributed by atoms with Gasteiger partial charge in [0, 0.05) is 18.3 Å². The average molecular weight is 326 g/mol. The minimum absolute atomic E-state index is 0.0269. The number of nitrogens with zero attached hydrogens (tertiary/aromatic N) is 3. The number of nitrogens with one attached hydrogen (secondary N) is 1. The smallest absolute Gasteiger partial charge is 0.253 e. The van der Waals surface area contributed by atoms with E-state index in [-0.39, 0.29) is 11.9 Å². The standard InChI is InChI=1S/C17H18N4OS/c1-10-15-12(6-4-8-14(15)21(2)20-10)19-17(22)11-5-3-7-13-16(11)23-9-18-13/h3,5,7,9,12H,4,6,8H2,1-2H3,(H,19,22). The van der Waals surface area contributed by atoms with Gasteiger partial charge in [-0.1, -0.05) is 6.07 Å². The van der Waals surface area contributed by atoms with Crippen molar-refractivity contribution in [2.45, 2.75) is 32.2 Å². The molecule has 1 aliphatic carbocycles. The molecule has 6 heteroatoms. The van der Waals surface area contributed by atoms with Crippen LogP contribution in [-0.2, 0) is 13.5 Å². The van der Waals surface area contributed by atoms with Crippen molar-refractivity contribution in [2.75, 3.05) is 0 Å². The van der Waals surface area contributed by atoms with Crippen LogP contribution in [0.4, 0.5) is 0 Å². The van der Waals surface area contributed by atoms with Crippen LogP contribution in [0.25, 0.3) is 10.2 Å². The highest BCUT2D eigenvalue weighted by Crippen LogP contribution is 2.32. The van der Waals surface area contributed by atoms with Crippen LogP contribution in [0.3, 0.4) is 0 Å². The van der Waals surface area contributed by atoms with E-state index >= 15 is 0 Å². The van der Waals surface area contributed by atoms with Crippen molar-refractivity contribution < 1.29 is 4.79 Å². The highest BCUT2D eigenvalue weighted by molar-refractivity contribution is 7.17. The molecule has 0 aliphatic heterocycles. The molecule has 2 aromatic heterocycles. The second-order valence-corrected chi connectivity index (χ2v) is 6.85. The second kappa shape index (κ2) is 5.45. The fraction of sp³-hybridized carbons (Fsp3) is 0.353. The lowest BCUT2D eigenvalue weighted by Crippen LogP contribution is -2.31. The molecule has 1 aromatic carbocycles. The number of aromatic nitrogens is 3. The van der Waals surface area contributed by atoms with Crippen molar-refractivity contribution in [1.82, 2.24) is 20.1 Å². The zero-order chi connectivity index (χ0) is 16.0. The third kappa shape index (κ3) is 2.34. The first kappa shape index (κ1) is 14.4. The van der Waals surface area contributed by atoms with Gasteiger partial charge in [0.15, 0.2) is 0 Å². The molecule has 1 N–H and O–H groups in total. The maximum atomic E-state index is 12.8. The van der Waals surface area contributed by atoms with Crippen LogP contribution in [-0.4, -0.2) is 20.7 Å². The second-order valence-electron chi connectivity index (χ2n) is 5.99. The van der Waals surface area contributed by atoms with Gasteiger partial charge in [0.05, 0.1) is 33.0 Å². The van der Waals surface area contributed by atoms with E-state index in [1.165, 1.54) is 22.6 Å². The molecular formula is C17H18N4OS. The normalized spacial score (nSPS) is 17.2. The van der Waals surface area contributed by atoms with Gasteiger partial charge in [-0.3, -0.25) is 9.48 Å². The Morgan fingerprint density at radius 2 is 2.30 bits per heavy atom. The Morgan fingerprint density at radius 1 is 1.43 bits per heavy atom. The molecule has 0 radical (unpaired) electrons. The van der Waals surface area contributed by atoms with Crippen molar-refractivity contribution in [3.05, 3.63) is 46.2 Å². The summed E-state index contributed by atoms with van der Waals surface area (Å²) in [5.41, 5.74) is 6.83. The molecule has 1 atom stereocenters. The highest BCUT2D eigenvalue weighted by Gasteiger charge is 2.28. The summed E-state index contributed by atoms with van der Waals surface area (Å²) in [6, 6.07) is 5.74.